The number of alkyl halides is 2. The highest BCUT2D eigenvalue weighted by molar-refractivity contribution is 7.45. The van der Waals surface area contributed by atoms with E-state index in [9.17, 15) is 29.3 Å². The van der Waals surface area contributed by atoms with Crippen LogP contribution in [0.3, 0.4) is 0 Å². The van der Waals surface area contributed by atoms with Crippen molar-refractivity contribution < 1.29 is 33.1 Å². The van der Waals surface area contributed by atoms with Crippen LogP contribution in [-0.2, 0) is 14.1 Å². The normalized spacial score (nSPS) is 13.3. The van der Waals surface area contributed by atoms with Crippen LogP contribution in [0.25, 0.3) is 0 Å². The Labute approximate surface area is 160 Å². The van der Waals surface area contributed by atoms with Gasteiger partial charge in [0.25, 0.3) is 5.69 Å². The minimum absolute atomic E-state index is 0.00135. The van der Waals surface area contributed by atoms with E-state index >= 15 is 0 Å². The fourth-order valence-electron chi connectivity index (χ4n) is 2.87. The predicted octanol–water partition coefficient (Wildman–Crippen LogP) is 2.59. The second-order valence-corrected chi connectivity index (χ2v) is 8.02. The maximum Gasteiger partial charge on any atom is 0.527 e. The molecule has 1 atom stereocenters. The first kappa shape index (κ1) is 22.8. The van der Waals surface area contributed by atoms with Crippen molar-refractivity contribution >= 4 is 42.6 Å². The Bertz CT molecular complexity index is 692. The van der Waals surface area contributed by atoms with Gasteiger partial charge in [-0.1, -0.05) is 12.1 Å². The number of para-hydroxylation sites is 1. The number of nitro groups is 1. The lowest BCUT2D eigenvalue weighted by molar-refractivity contribution is -0.851. The lowest BCUT2D eigenvalue weighted by atomic mass is 9.99. The van der Waals surface area contributed by atoms with Crippen molar-refractivity contribution in [1.82, 2.24) is 0 Å². The van der Waals surface area contributed by atoms with Crippen LogP contribution in [0.5, 0.6) is 0 Å². The van der Waals surface area contributed by atoms with Crippen molar-refractivity contribution in [3.63, 3.8) is 0 Å². The van der Waals surface area contributed by atoms with Crippen molar-refractivity contribution in [2.24, 2.45) is 0 Å². The summed E-state index contributed by atoms with van der Waals surface area (Å²) in [4.78, 5) is 42.8. The molecule has 0 aliphatic carbocycles. The maximum absolute atomic E-state index is 12.4. The Morgan fingerprint density at radius 2 is 1.85 bits per heavy atom. The first-order valence-corrected chi connectivity index (χ1v) is 10.1. The van der Waals surface area contributed by atoms with E-state index in [1.54, 1.807) is 0 Å². The van der Waals surface area contributed by atoms with Crippen LogP contribution in [0.4, 0.5) is 5.69 Å². The summed E-state index contributed by atoms with van der Waals surface area (Å²) in [7, 11) is -3.82. The van der Waals surface area contributed by atoms with Gasteiger partial charge in [-0.25, -0.2) is 8.82 Å². The van der Waals surface area contributed by atoms with Gasteiger partial charge in [0, 0.05) is 6.07 Å². The Morgan fingerprint density at radius 3 is 2.27 bits per heavy atom. The third-order valence-corrected chi connectivity index (χ3v) is 6.18. The zero-order chi connectivity index (χ0) is 20.0. The molecule has 0 saturated heterocycles. The van der Waals surface area contributed by atoms with Gasteiger partial charge in [-0.3, -0.25) is 24.7 Å². The minimum atomic E-state index is -4.94. The van der Waals surface area contributed by atoms with Gasteiger partial charge in [-0.15, -0.1) is 23.2 Å². The van der Waals surface area contributed by atoms with E-state index in [-0.39, 0.29) is 36.1 Å². The van der Waals surface area contributed by atoms with Crippen LogP contribution in [0.15, 0.2) is 24.3 Å². The number of halogens is 2. The molecule has 0 aliphatic rings. The molecule has 9 nitrogen and oxygen atoms in total. The molecule has 0 aliphatic heterocycles. The number of hydrogen-bond donors (Lipinski definition) is 2. The van der Waals surface area contributed by atoms with Gasteiger partial charge >= 0.3 is 13.7 Å². The number of nitro benzene ring substituents is 1. The summed E-state index contributed by atoms with van der Waals surface area (Å²) in [6.07, 6.45) is -0.486. The molecule has 1 aromatic carbocycles. The average Bonchev–Trinajstić information content (AvgIpc) is 2.58. The minimum Gasteiger partial charge on any atom is -0.469 e. The van der Waals surface area contributed by atoms with Crippen molar-refractivity contribution in [3.05, 3.63) is 39.9 Å². The van der Waals surface area contributed by atoms with E-state index in [1.165, 1.54) is 24.3 Å². The molecule has 0 fully saturated rings. The number of carbonyl (C=O) groups is 1. The number of ether oxygens (including phenoxy) is 1. The third kappa shape index (κ3) is 4.94. The maximum atomic E-state index is 12.4. The highest BCUT2D eigenvalue weighted by Crippen LogP contribution is 2.56. The van der Waals surface area contributed by atoms with E-state index in [0.717, 1.165) is 7.11 Å². The molecule has 0 aromatic heterocycles. The average molecular weight is 430 g/mol. The van der Waals surface area contributed by atoms with Gasteiger partial charge in [-0.05, 0) is 6.07 Å². The third-order valence-electron chi connectivity index (χ3n) is 4.12. The van der Waals surface area contributed by atoms with Crippen molar-refractivity contribution in [2.45, 2.75) is 12.5 Å². The summed E-state index contributed by atoms with van der Waals surface area (Å²) in [6, 6.07) is 4.21. The summed E-state index contributed by atoms with van der Waals surface area (Å²) < 4.78 is 16.1. The van der Waals surface area contributed by atoms with E-state index in [4.69, 9.17) is 23.2 Å². The smallest absolute Gasteiger partial charge is 0.469 e. The molecule has 1 aromatic rings. The van der Waals surface area contributed by atoms with Gasteiger partial charge in [0.2, 0.25) is 0 Å². The molecule has 0 amide bonds. The number of quaternary nitrogens is 1. The van der Waals surface area contributed by atoms with Gasteiger partial charge < -0.3 is 4.74 Å². The number of hydrogen-bond acceptors (Lipinski definition) is 5. The van der Waals surface area contributed by atoms with Crippen LogP contribution in [0.1, 0.15) is 18.0 Å². The molecule has 0 bridgehead atoms. The van der Waals surface area contributed by atoms with Crippen LogP contribution in [-0.4, -0.2) is 56.9 Å². The monoisotopic (exact) mass is 429 g/mol. The van der Waals surface area contributed by atoms with Gasteiger partial charge in [-0.2, -0.15) is 0 Å². The molecule has 0 spiro atoms. The quantitative estimate of drug-likeness (QED) is 0.192. The number of methoxy groups -OCH3 is 1. The fraction of sp³-hybridized carbons (Fsp3) is 0.500. The first-order valence-electron chi connectivity index (χ1n) is 7.49. The summed E-state index contributed by atoms with van der Waals surface area (Å²) in [5, 5.41) is 11.4. The molecule has 2 N–H and O–H groups in total. The predicted molar refractivity (Wildman–Crippen MR) is 95.9 cm³/mol. The number of benzene rings is 1. The van der Waals surface area contributed by atoms with Crippen LogP contribution in [0.2, 0.25) is 0 Å². The summed E-state index contributed by atoms with van der Waals surface area (Å²) in [5.41, 5.74) is -0.358. The second kappa shape index (κ2) is 9.64. The summed E-state index contributed by atoms with van der Waals surface area (Å²) in [5.74, 6) is -1.08. The molecule has 1 unspecified atom stereocenters. The van der Waals surface area contributed by atoms with Gasteiger partial charge in [0.05, 0.1) is 42.4 Å². The number of rotatable bonds is 10. The molecule has 146 valence electrons. The Morgan fingerprint density at radius 1 is 1.31 bits per heavy atom. The molecule has 12 heteroatoms. The Balaban J connectivity index is 3.74. The van der Waals surface area contributed by atoms with Crippen molar-refractivity contribution in [2.75, 3.05) is 32.0 Å². The van der Waals surface area contributed by atoms with Crippen LogP contribution in [0, 0.1) is 10.1 Å². The lowest BCUT2D eigenvalue weighted by Crippen LogP contribution is -2.51. The highest BCUT2D eigenvalue weighted by atomic mass is 35.5. The highest BCUT2D eigenvalue weighted by Gasteiger charge is 2.53. The molecular weight excluding hydrogens is 410 g/mol. The fourth-order valence-corrected chi connectivity index (χ4v) is 5.00. The van der Waals surface area contributed by atoms with E-state index in [2.05, 4.69) is 4.74 Å². The van der Waals surface area contributed by atoms with E-state index in [0.29, 0.717) is 0 Å². The number of esters is 1. The van der Waals surface area contributed by atoms with E-state index < -0.39 is 35.4 Å². The van der Waals surface area contributed by atoms with Gasteiger partial charge in [0.1, 0.15) is 12.5 Å². The lowest BCUT2D eigenvalue weighted by Gasteiger charge is -2.42. The zero-order valence-electron chi connectivity index (χ0n) is 14.0. The number of carbonyl (C=O) groups excluding carboxylic acids is 1. The first-order chi connectivity index (χ1) is 12.1. The van der Waals surface area contributed by atoms with Crippen molar-refractivity contribution in [3.8, 4) is 0 Å². The molecule has 1 rings (SSSR count). The van der Waals surface area contributed by atoms with Crippen LogP contribution >= 0.6 is 30.9 Å². The summed E-state index contributed by atoms with van der Waals surface area (Å²) >= 11 is 11.6. The number of nitrogens with zero attached hydrogens (tertiary/aromatic N) is 2. The Kier molecular flexibility index (Phi) is 8.46. The van der Waals surface area contributed by atoms with E-state index in [1.807, 2.05) is 0 Å². The topological polar surface area (TPSA) is 127 Å². The summed E-state index contributed by atoms with van der Waals surface area (Å²) in [6.45, 7) is -0.488. The van der Waals surface area contributed by atoms with Crippen molar-refractivity contribution in [1.29, 1.82) is 0 Å². The molecule has 0 heterocycles. The van der Waals surface area contributed by atoms with Gasteiger partial charge in [0.15, 0.2) is 0 Å². The molecule has 26 heavy (non-hydrogen) atoms. The molecular formula is C14H20Cl2N2O7P+. The largest absolute Gasteiger partial charge is 0.527 e. The Hall–Kier alpha value is -1.22. The van der Waals surface area contributed by atoms with Crippen LogP contribution < -0.4 is 0 Å². The molecule has 0 radical (unpaired) electrons. The standard InChI is InChI=1S/C14H19Cl2N2O7P/c1-25-14(19)10-13(11-4-2-3-5-12(11)17(20)21)18(8-6-15,9-7-16)26(22,23)24/h2-5,13H,6-10H2,1H3,(H-,22,23,24)/p+1. The second-order valence-electron chi connectivity index (χ2n) is 5.44. The molecule has 0 saturated carbocycles. The zero-order valence-corrected chi connectivity index (χ0v) is 16.4. The SMILES string of the molecule is COC(=O)CC(c1ccccc1[N+](=O)[O-])[N+](CCCl)(CCCl)P(=O)(O)O.